The first-order chi connectivity index (χ1) is 13.7. The molecule has 3 aliphatic rings. The number of piperidine rings is 1. The standard InChI is InChI=1S/C22H32N4O2.2ClH/c27-21(15-16-13-19-7-8-20(14-16)24-19)25-18-5-3-17(4-6-18)22(28)23-9-12-26-10-1-2-11-26;;/h3-6,16,19-20,24H,1-2,7-15H2,(H,23,28)(H,25,27);2*1H. The average Bonchev–Trinajstić information content (AvgIpc) is 3.31. The number of likely N-dealkylation sites (tertiary alicyclic amines) is 1. The van der Waals surface area contributed by atoms with Crippen LogP contribution in [0.4, 0.5) is 5.69 Å². The molecule has 1 aromatic rings. The summed E-state index contributed by atoms with van der Waals surface area (Å²) in [6.07, 6.45) is 7.85. The van der Waals surface area contributed by atoms with Gasteiger partial charge < -0.3 is 20.9 Å². The molecule has 0 aliphatic carbocycles. The SMILES string of the molecule is Cl.Cl.O=C(CC1CC2CCC(C1)N2)Nc1ccc(C(=O)NCCN2CCCC2)cc1. The number of halogens is 2. The van der Waals surface area contributed by atoms with Crippen molar-refractivity contribution < 1.29 is 9.59 Å². The van der Waals surface area contributed by atoms with Gasteiger partial charge in [0.2, 0.25) is 5.91 Å². The van der Waals surface area contributed by atoms with Gasteiger partial charge in [-0.25, -0.2) is 0 Å². The molecule has 3 heterocycles. The van der Waals surface area contributed by atoms with Crippen LogP contribution < -0.4 is 16.0 Å². The van der Waals surface area contributed by atoms with E-state index >= 15 is 0 Å². The summed E-state index contributed by atoms with van der Waals surface area (Å²) >= 11 is 0. The first-order valence-electron chi connectivity index (χ1n) is 10.8. The molecular weight excluding hydrogens is 423 g/mol. The molecular formula is C22H34Cl2N4O2. The second-order valence-electron chi connectivity index (χ2n) is 8.61. The van der Waals surface area contributed by atoms with E-state index in [1.165, 1.54) is 25.7 Å². The van der Waals surface area contributed by atoms with Gasteiger partial charge in [0.25, 0.3) is 5.91 Å². The first kappa shape index (κ1) is 24.9. The van der Waals surface area contributed by atoms with E-state index < -0.39 is 0 Å². The highest BCUT2D eigenvalue weighted by Crippen LogP contribution is 2.32. The van der Waals surface area contributed by atoms with E-state index in [0.29, 0.717) is 36.5 Å². The number of anilines is 1. The molecule has 2 atom stereocenters. The molecule has 0 radical (unpaired) electrons. The van der Waals surface area contributed by atoms with E-state index in [2.05, 4.69) is 20.9 Å². The fraction of sp³-hybridized carbons (Fsp3) is 0.636. The van der Waals surface area contributed by atoms with Crippen molar-refractivity contribution in [1.29, 1.82) is 0 Å². The molecule has 3 N–H and O–H groups in total. The fourth-order valence-electron chi connectivity index (χ4n) is 4.96. The van der Waals surface area contributed by atoms with Crippen molar-refractivity contribution >= 4 is 42.3 Å². The van der Waals surface area contributed by atoms with Gasteiger partial charge in [0.1, 0.15) is 0 Å². The Labute approximate surface area is 191 Å². The lowest BCUT2D eigenvalue weighted by atomic mass is 9.89. The Balaban J connectivity index is 0.00000160. The third-order valence-corrected chi connectivity index (χ3v) is 6.39. The summed E-state index contributed by atoms with van der Waals surface area (Å²) < 4.78 is 0. The van der Waals surface area contributed by atoms with E-state index in [0.717, 1.165) is 38.2 Å². The van der Waals surface area contributed by atoms with Gasteiger partial charge in [-0.2, -0.15) is 0 Å². The number of amides is 2. The molecule has 1 aromatic carbocycles. The van der Waals surface area contributed by atoms with Gasteiger partial charge in [0.05, 0.1) is 0 Å². The van der Waals surface area contributed by atoms with Crippen LogP contribution in [-0.2, 0) is 4.79 Å². The quantitative estimate of drug-likeness (QED) is 0.588. The molecule has 168 valence electrons. The molecule has 3 fully saturated rings. The second kappa shape index (κ2) is 11.9. The van der Waals surface area contributed by atoms with E-state index in [9.17, 15) is 9.59 Å². The van der Waals surface area contributed by atoms with Crippen LogP contribution in [-0.4, -0.2) is 55.0 Å². The lowest BCUT2D eigenvalue weighted by Crippen LogP contribution is -2.39. The van der Waals surface area contributed by atoms with Crippen LogP contribution in [0.25, 0.3) is 0 Å². The van der Waals surface area contributed by atoms with E-state index in [1.54, 1.807) is 12.1 Å². The van der Waals surface area contributed by atoms with Crippen LogP contribution in [0.2, 0.25) is 0 Å². The van der Waals surface area contributed by atoms with Gasteiger partial charge in [-0.3, -0.25) is 9.59 Å². The number of rotatable bonds is 7. The highest BCUT2D eigenvalue weighted by atomic mass is 35.5. The minimum Gasteiger partial charge on any atom is -0.351 e. The third kappa shape index (κ3) is 6.84. The molecule has 2 bridgehead atoms. The Kier molecular flexibility index (Phi) is 9.88. The van der Waals surface area contributed by atoms with Gasteiger partial charge in [-0.15, -0.1) is 24.8 Å². The highest BCUT2D eigenvalue weighted by molar-refractivity contribution is 5.95. The van der Waals surface area contributed by atoms with E-state index in [-0.39, 0.29) is 36.6 Å². The Morgan fingerprint density at radius 3 is 2.27 bits per heavy atom. The predicted molar refractivity (Wildman–Crippen MR) is 125 cm³/mol. The molecule has 6 nitrogen and oxygen atoms in total. The Morgan fingerprint density at radius 2 is 1.63 bits per heavy atom. The number of carbonyl (C=O) groups excluding carboxylic acids is 2. The summed E-state index contributed by atoms with van der Waals surface area (Å²) in [7, 11) is 0. The van der Waals surface area contributed by atoms with Crippen molar-refractivity contribution in [2.24, 2.45) is 5.92 Å². The minimum absolute atomic E-state index is 0. The van der Waals surface area contributed by atoms with E-state index in [1.807, 2.05) is 12.1 Å². The molecule has 30 heavy (non-hydrogen) atoms. The molecule has 2 amide bonds. The topological polar surface area (TPSA) is 73.5 Å². The van der Waals surface area contributed by atoms with Gasteiger partial charge in [-0.1, -0.05) is 0 Å². The number of carbonyl (C=O) groups is 2. The number of benzene rings is 1. The molecule has 8 heteroatoms. The number of hydrogen-bond donors (Lipinski definition) is 3. The summed E-state index contributed by atoms with van der Waals surface area (Å²) in [5, 5.41) is 9.59. The highest BCUT2D eigenvalue weighted by Gasteiger charge is 2.34. The maximum Gasteiger partial charge on any atom is 0.251 e. The van der Waals surface area contributed by atoms with Crippen molar-refractivity contribution in [2.45, 2.75) is 57.0 Å². The molecule has 3 aliphatic heterocycles. The maximum atomic E-state index is 12.4. The zero-order valence-corrected chi connectivity index (χ0v) is 19.0. The molecule has 2 unspecified atom stereocenters. The van der Waals surface area contributed by atoms with Crippen LogP contribution in [0, 0.1) is 5.92 Å². The first-order valence-corrected chi connectivity index (χ1v) is 10.8. The minimum atomic E-state index is -0.0535. The molecule has 3 saturated heterocycles. The second-order valence-corrected chi connectivity index (χ2v) is 8.61. The summed E-state index contributed by atoms with van der Waals surface area (Å²) in [5.74, 6) is 0.510. The Bertz CT molecular complexity index is 683. The van der Waals surface area contributed by atoms with Crippen molar-refractivity contribution in [3.8, 4) is 0 Å². The van der Waals surface area contributed by atoms with Gasteiger partial charge in [0, 0.05) is 42.8 Å². The Morgan fingerprint density at radius 1 is 1.00 bits per heavy atom. The lowest BCUT2D eigenvalue weighted by Gasteiger charge is -2.28. The van der Waals surface area contributed by atoms with Crippen LogP contribution in [0.1, 0.15) is 55.3 Å². The van der Waals surface area contributed by atoms with Crippen molar-refractivity contribution in [2.75, 3.05) is 31.5 Å². The predicted octanol–water partition coefficient (Wildman–Crippen LogP) is 3.22. The Hall–Kier alpha value is -1.34. The van der Waals surface area contributed by atoms with Gasteiger partial charge in [-0.05, 0) is 81.8 Å². The summed E-state index contributed by atoms with van der Waals surface area (Å²) in [4.78, 5) is 27.0. The largest absolute Gasteiger partial charge is 0.351 e. The van der Waals surface area contributed by atoms with Crippen LogP contribution in [0.15, 0.2) is 24.3 Å². The lowest BCUT2D eigenvalue weighted by molar-refractivity contribution is -0.117. The fourth-order valence-corrected chi connectivity index (χ4v) is 4.96. The van der Waals surface area contributed by atoms with Gasteiger partial charge >= 0.3 is 0 Å². The molecule has 4 rings (SSSR count). The summed E-state index contributed by atoms with van der Waals surface area (Å²) in [6, 6.07) is 8.43. The van der Waals surface area contributed by atoms with Crippen molar-refractivity contribution in [1.82, 2.24) is 15.5 Å². The normalized spacial score (nSPS) is 25.1. The number of nitrogens with zero attached hydrogens (tertiary/aromatic N) is 1. The monoisotopic (exact) mass is 456 g/mol. The van der Waals surface area contributed by atoms with Crippen LogP contribution in [0.5, 0.6) is 0 Å². The zero-order chi connectivity index (χ0) is 19.3. The molecule has 0 aromatic heterocycles. The smallest absolute Gasteiger partial charge is 0.251 e. The maximum absolute atomic E-state index is 12.4. The number of nitrogens with one attached hydrogen (secondary N) is 3. The summed E-state index contributed by atoms with van der Waals surface area (Å²) in [5.41, 5.74) is 1.39. The third-order valence-electron chi connectivity index (χ3n) is 6.39. The number of hydrogen-bond acceptors (Lipinski definition) is 4. The summed E-state index contributed by atoms with van der Waals surface area (Å²) in [6.45, 7) is 3.87. The van der Waals surface area contributed by atoms with Crippen LogP contribution >= 0.6 is 24.8 Å². The van der Waals surface area contributed by atoms with Crippen LogP contribution in [0.3, 0.4) is 0 Å². The van der Waals surface area contributed by atoms with E-state index in [4.69, 9.17) is 0 Å². The average molecular weight is 457 g/mol. The zero-order valence-electron chi connectivity index (χ0n) is 17.4. The van der Waals surface area contributed by atoms with Crippen molar-refractivity contribution in [3.05, 3.63) is 29.8 Å². The van der Waals surface area contributed by atoms with Crippen molar-refractivity contribution in [3.63, 3.8) is 0 Å². The molecule has 0 spiro atoms. The molecule has 0 saturated carbocycles. The number of fused-ring (bicyclic) bond motifs is 2. The van der Waals surface area contributed by atoms with Gasteiger partial charge in [0.15, 0.2) is 0 Å².